The second kappa shape index (κ2) is 30.3. The van der Waals surface area contributed by atoms with Gasteiger partial charge in [0.15, 0.2) is 17.2 Å². The van der Waals surface area contributed by atoms with Crippen molar-refractivity contribution in [2.75, 3.05) is 32.5 Å². The summed E-state index contributed by atoms with van der Waals surface area (Å²) in [4.78, 5) is 138. The number of anilines is 1. The van der Waals surface area contributed by atoms with Gasteiger partial charge in [0, 0.05) is 42.5 Å². The van der Waals surface area contributed by atoms with Gasteiger partial charge in [-0.2, -0.15) is 0 Å². The predicted molar refractivity (Wildman–Crippen MR) is 295 cm³/mol. The molecule has 0 amide bonds. The molecule has 0 radical (unpaired) electrons. The molecule has 86 heavy (non-hydrogen) atoms. The number of ether oxygens (including phenoxy) is 12. The number of hydrogen-bond acceptors (Lipinski definition) is 26. The van der Waals surface area contributed by atoms with Gasteiger partial charge >= 0.3 is 59.7 Å². The summed E-state index contributed by atoms with van der Waals surface area (Å²) in [6.07, 6.45) is 5.32. The highest BCUT2D eigenvalue weighted by Crippen LogP contribution is 2.55. The molecule has 4 aromatic rings. The van der Waals surface area contributed by atoms with Crippen LogP contribution in [0.5, 0.6) is 34.5 Å². The van der Waals surface area contributed by atoms with E-state index in [1.807, 2.05) is 0 Å². The zero-order valence-electron chi connectivity index (χ0n) is 45.6. The van der Waals surface area contributed by atoms with Gasteiger partial charge in [-0.25, -0.2) is 28.8 Å². The molecule has 450 valence electrons. The number of thioether (sulfide) groups is 1. The average molecular weight is 1210 g/mol. The molecule has 4 aromatic carbocycles. The maximum absolute atomic E-state index is 13.9. The maximum Gasteiger partial charge on any atom is 0.342 e. The van der Waals surface area contributed by atoms with Gasteiger partial charge in [0.1, 0.15) is 22.6 Å². The molecule has 0 bridgehead atoms. The van der Waals surface area contributed by atoms with Crippen LogP contribution in [0.1, 0.15) is 83.0 Å². The number of hydrogen-bond donors (Lipinski definition) is 1. The van der Waals surface area contributed by atoms with Crippen LogP contribution >= 0.6 is 11.8 Å². The quantitative estimate of drug-likeness (QED) is 0.0117. The molecule has 7 rings (SSSR count). The molecule has 26 nitrogen and oxygen atoms in total. The Bertz CT molecular complexity index is 3320. The molecule has 3 aliphatic rings. The van der Waals surface area contributed by atoms with Gasteiger partial charge in [-0.1, -0.05) is 38.1 Å². The molecule has 1 N–H and O–H groups in total. The van der Waals surface area contributed by atoms with Crippen molar-refractivity contribution in [1.82, 2.24) is 0 Å². The van der Waals surface area contributed by atoms with Gasteiger partial charge in [0.2, 0.25) is 27.2 Å². The normalized spacial score (nSPS) is 17.3. The van der Waals surface area contributed by atoms with Crippen molar-refractivity contribution < 1.29 is 110 Å². The Balaban J connectivity index is 0.973. The molecule has 1 heterocycles. The number of non-ortho nitro benzene ring substituents is 1. The molecule has 2 fully saturated rings. The summed E-state index contributed by atoms with van der Waals surface area (Å²) in [6, 6.07) is 16.2. The van der Waals surface area contributed by atoms with E-state index in [1.54, 1.807) is 12.1 Å². The first-order chi connectivity index (χ1) is 41.4. The summed E-state index contributed by atoms with van der Waals surface area (Å²) in [7, 11) is 0. The molecule has 2 saturated carbocycles. The van der Waals surface area contributed by atoms with Gasteiger partial charge in [-0.15, -0.1) is 0 Å². The van der Waals surface area contributed by atoms with Crippen LogP contribution < -0.4 is 33.7 Å². The topological polar surface area (TPSA) is 337 Å². The lowest BCUT2D eigenvalue weighted by Crippen LogP contribution is -2.30. The van der Waals surface area contributed by atoms with Crippen LogP contribution in [0.4, 0.5) is 11.4 Å². The largest absolute Gasteiger partial charge is 0.453 e. The molecular weight excluding hydrogens is 1150 g/mol. The van der Waals surface area contributed by atoms with Crippen molar-refractivity contribution in [3.8, 4) is 34.5 Å². The number of nitrogens with one attached hydrogen (secondary N) is 1. The fourth-order valence-corrected chi connectivity index (χ4v) is 9.98. The van der Waals surface area contributed by atoms with Gasteiger partial charge < -0.3 is 62.2 Å². The van der Waals surface area contributed by atoms with E-state index in [2.05, 4.69) is 41.1 Å². The van der Waals surface area contributed by atoms with Crippen LogP contribution in [0.25, 0.3) is 0 Å². The number of esters is 10. The third-order valence-corrected chi connectivity index (χ3v) is 14.5. The van der Waals surface area contributed by atoms with E-state index in [0.29, 0.717) is 16.1 Å². The van der Waals surface area contributed by atoms with Crippen LogP contribution in [0, 0.1) is 33.8 Å². The van der Waals surface area contributed by atoms with Crippen molar-refractivity contribution >= 4 is 82.8 Å². The SMILES string of the molecule is C=CC(=O)OCOC(=O)c1ccc(OC(=O)C2CCC(C(=O)Oc3ccc(OC(=O)C4CCC(C(=O)Oc5ccc(OCOC(=O)C=C)c(OCOC(=O)C=C)c5)CC4)c4c3SC(c3ccc([N+](=O)[O-])cc3)N4)CC2)cc1C(=O)OCOC(=O)C=C. The lowest BCUT2D eigenvalue weighted by atomic mass is 9.82. The minimum absolute atomic E-state index is 0.0193. The van der Waals surface area contributed by atoms with Crippen molar-refractivity contribution in [1.29, 1.82) is 0 Å². The third-order valence-electron chi connectivity index (χ3n) is 13.3. The lowest BCUT2D eigenvalue weighted by Gasteiger charge is -2.26. The van der Waals surface area contributed by atoms with E-state index < -0.39 is 126 Å². The number of fused-ring (bicyclic) bond motifs is 1. The van der Waals surface area contributed by atoms with E-state index in [4.69, 9.17) is 47.4 Å². The number of benzene rings is 4. The van der Waals surface area contributed by atoms with E-state index in [1.165, 1.54) is 60.3 Å². The Morgan fingerprint density at radius 1 is 0.477 bits per heavy atom. The van der Waals surface area contributed by atoms with E-state index >= 15 is 0 Å². The maximum atomic E-state index is 13.9. The standard InChI is InChI=1S/C59H54N2O24S/c1-5-47(62)76-29-74-43-24-22-40(28-46(43)75-30-77-48(63)6-2)83-55(67)35-9-13-36(14-10-35)56(68)84-44-25-26-45(52-51(44)60-53(86-52)33-17-19-38(20-18-33)61(72)73)85-57(69)37-15-11-34(12-16-37)54(66)82-39-21-23-41(58(70)80-31-78-49(64)7-3)42(27-39)59(71)81-32-79-50(65)8-4/h5-8,17-28,34-37,53,60H,1-4,9-16,29-32H2. The summed E-state index contributed by atoms with van der Waals surface area (Å²) in [5, 5.41) is 14.2. The summed E-state index contributed by atoms with van der Waals surface area (Å²) in [6.45, 7) is 10.3. The molecule has 1 atom stereocenters. The van der Waals surface area contributed by atoms with Gasteiger partial charge in [-0.05, 0) is 112 Å². The van der Waals surface area contributed by atoms with Gasteiger partial charge in [0.25, 0.3) is 5.69 Å². The lowest BCUT2D eigenvalue weighted by molar-refractivity contribution is -0.384. The Kier molecular flexibility index (Phi) is 22.3. The Hall–Kier alpha value is -10.3. The third kappa shape index (κ3) is 17.1. The molecule has 1 aliphatic heterocycles. The highest BCUT2D eigenvalue weighted by molar-refractivity contribution is 8.00. The Morgan fingerprint density at radius 3 is 1.37 bits per heavy atom. The second-order valence-electron chi connectivity index (χ2n) is 18.6. The van der Waals surface area contributed by atoms with Crippen LogP contribution in [0.2, 0.25) is 0 Å². The fraction of sp³-hybridized carbons (Fsp3) is 0.288. The Labute approximate surface area is 493 Å². The zero-order valence-corrected chi connectivity index (χ0v) is 46.4. The summed E-state index contributed by atoms with van der Waals surface area (Å²) >= 11 is 1.21. The molecular formula is C59H54N2O24S. The van der Waals surface area contributed by atoms with E-state index in [0.717, 1.165) is 36.4 Å². The van der Waals surface area contributed by atoms with Crippen LogP contribution in [-0.4, -0.2) is 91.8 Å². The number of carbonyl (C=O) groups is 10. The zero-order chi connectivity index (χ0) is 61.9. The molecule has 0 saturated heterocycles. The van der Waals surface area contributed by atoms with Crippen LogP contribution in [0.15, 0.2) is 128 Å². The number of nitro benzene ring substituents is 1. The average Bonchev–Trinajstić information content (AvgIpc) is 2.71. The molecule has 27 heteroatoms. The Morgan fingerprint density at radius 2 is 0.884 bits per heavy atom. The fourth-order valence-electron chi connectivity index (χ4n) is 8.77. The molecule has 2 aliphatic carbocycles. The minimum Gasteiger partial charge on any atom is -0.453 e. The first-order valence-corrected chi connectivity index (χ1v) is 27.0. The van der Waals surface area contributed by atoms with Crippen molar-refractivity contribution in [3.63, 3.8) is 0 Å². The molecule has 1 unspecified atom stereocenters. The van der Waals surface area contributed by atoms with Gasteiger partial charge in [0.05, 0.1) is 50.3 Å². The second-order valence-corrected chi connectivity index (χ2v) is 19.8. The number of carbonyl (C=O) groups excluding carboxylic acids is 10. The van der Waals surface area contributed by atoms with Crippen LogP contribution in [0.3, 0.4) is 0 Å². The monoisotopic (exact) mass is 1210 g/mol. The first kappa shape index (κ1) is 63.3. The van der Waals surface area contributed by atoms with E-state index in [9.17, 15) is 58.1 Å². The van der Waals surface area contributed by atoms with Crippen molar-refractivity contribution in [2.24, 2.45) is 23.7 Å². The first-order valence-electron chi connectivity index (χ1n) is 26.1. The van der Waals surface area contributed by atoms with Crippen LogP contribution in [-0.2, 0) is 66.8 Å². The molecule has 0 spiro atoms. The summed E-state index contributed by atoms with van der Waals surface area (Å²) in [5.74, 6) is -10.6. The molecule has 0 aromatic heterocycles. The summed E-state index contributed by atoms with van der Waals surface area (Å²) < 4.78 is 63.2. The highest BCUT2D eigenvalue weighted by Gasteiger charge is 2.37. The predicted octanol–water partition coefficient (Wildman–Crippen LogP) is 8.26. The summed E-state index contributed by atoms with van der Waals surface area (Å²) in [5.41, 5.74) is -0.0591. The van der Waals surface area contributed by atoms with Crippen molar-refractivity contribution in [2.45, 2.75) is 61.6 Å². The van der Waals surface area contributed by atoms with Crippen molar-refractivity contribution in [3.05, 3.63) is 150 Å². The minimum atomic E-state index is -1.18. The van der Waals surface area contributed by atoms with E-state index in [-0.39, 0.29) is 97.1 Å². The highest BCUT2D eigenvalue weighted by atomic mass is 32.2. The number of rotatable bonds is 26. The number of nitro groups is 1. The smallest absolute Gasteiger partial charge is 0.342 e. The van der Waals surface area contributed by atoms with Gasteiger partial charge in [-0.3, -0.25) is 29.3 Å². The number of nitrogens with zero attached hydrogens (tertiary/aromatic N) is 1.